The van der Waals surface area contributed by atoms with Crippen LogP contribution in [-0.2, 0) is 0 Å². The highest BCUT2D eigenvalue weighted by Gasteiger charge is 2.32. The van der Waals surface area contributed by atoms with Crippen LogP contribution in [0.2, 0.25) is 0 Å². The number of carbonyl (C=O) groups excluding carboxylic acids is 1. The molecule has 134 valence electrons. The summed E-state index contributed by atoms with van der Waals surface area (Å²) in [7, 11) is 1.60. The normalized spacial score (nSPS) is 16.9. The Bertz CT molecular complexity index is 733. The highest BCUT2D eigenvalue weighted by Crippen LogP contribution is 2.39. The van der Waals surface area contributed by atoms with Crippen molar-refractivity contribution in [2.75, 3.05) is 20.3 Å². The Morgan fingerprint density at radius 1 is 1.44 bits per heavy atom. The molecule has 1 aliphatic rings. The molecule has 0 saturated carbocycles. The van der Waals surface area contributed by atoms with Crippen molar-refractivity contribution < 1.29 is 14.3 Å². The number of benzene rings is 1. The number of amides is 1. The van der Waals surface area contributed by atoms with Crippen LogP contribution in [0.3, 0.4) is 0 Å². The summed E-state index contributed by atoms with van der Waals surface area (Å²) in [6.45, 7) is 3.45. The van der Waals surface area contributed by atoms with Crippen LogP contribution in [0.4, 0.5) is 0 Å². The highest BCUT2D eigenvalue weighted by atomic mass is 79.9. The molecule has 1 fully saturated rings. The Labute approximate surface area is 160 Å². The van der Waals surface area contributed by atoms with E-state index in [4.69, 9.17) is 9.47 Å². The minimum absolute atomic E-state index is 0.0388. The first-order valence-corrected chi connectivity index (χ1v) is 10.2. The van der Waals surface area contributed by atoms with Crippen LogP contribution in [0.15, 0.2) is 34.1 Å². The molecule has 1 amide bonds. The van der Waals surface area contributed by atoms with Gasteiger partial charge in [-0.1, -0.05) is 13.0 Å². The molecule has 0 N–H and O–H groups in total. The van der Waals surface area contributed by atoms with Gasteiger partial charge < -0.3 is 14.4 Å². The molecule has 4 nitrogen and oxygen atoms in total. The Hall–Kier alpha value is -1.53. The zero-order valence-electron chi connectivity index (χ0n) is 14.5. The molecule has 0 aliphatic carbocycles. The maximum atomic E-state index is 13.1. The predicted molar refractivity (Wildman–Crippen MR) is 104 cm³/mol. The predicted octanol–water partition coefficient (Wildman–Crippen LogP) is 5.29. The average Bonchev–Trinajstić information content (AvgIpc) is 3.30. The Morgan fingerprint density at radius 2 is 2.28 bits per heavy atom. The van der Waals surface area contributed by atoms with Gasteiger partial charge in [-0.15, -0.1) is 11.3 Å². The molecule has 1 aromatic heterocycles. The lowest BCUT2D eigenvalue weighted by Gasteiger charge is -2.24. The molecule has 2 heterocycles. The first kappa shape index (κ1) is 18.3. The minimum atomic E-state index is 0.0388. The third-order valence-electron chi connectivity index (χ3n) is 4.31. The van der Waals surface area contributed by atoms with Gasteiger partial charge in [-0.3, -0.25) is 4.79 Å². The zero-order chi connectivity index (χ0) is 17.8. The lowest BCUT2D eigenvalue weighted by molar-refractivity contribution is 0.0737. The van der Waals surface area contributed by atoms with Crippen molar-refractivity contribution in [3.8, 4) is 11.5 Å². The van der Waals surface area contributed by atoms with Crippen molar-refractivity contribution in [3.05, 3.63) is 44.6 Å². The van der Waals surface area contributed by atoms with Crippen LogP contribution in [0.1, 0.15) is 47.5 Å². The van der Waals surface area contributed by atoms with E-state index in [0.29, 0.717) is 23.7 Å². The molecule has 25 heavy (non-hydrogen) atoms. The van der Waals surface area contributed by atoms with Gasteiger partial charge in [0, 0.05) is 17.0 Å². The van der Waals surface area contributed by atoms with Crippen LogP contribution < -0.4 is 9.47 Å². The highest BCUT2D eigenvalue weighted by molar-refractivity contribution is 9.10. The second kappa shape index (κ2) is 8.23. The number of likely N-dealkylation sites (tertiary alicyclic amines) is 1. The van der Waals surface area contributed by atoms with Crippen molar-refractivity contribution in [2.24, 2.45) is 0 Å². The van der Waals surface area contributed by atoms with Gasteiger partial charge in [0.25, 0.3) is 5.91 Å². The lowest BCUT2D eigenvalue weighted by atomic mass is 10.1. The third-order valence-corrected chi connectivity index (χ3v) is 5.87. The van der Waals surface area contributed by atoms with Crippen molar-refractivity contribution in [1.82, 2.24) is 4.90 Å². The summed E-state index contributed by atoms with van der Waals surface area (Å²) in [5.41, 5.74) is 0.621. The topological polar surface area (TPSA) is 38.8 Å². The first-order valence-electron chi connectivity index (χ1n) is 8.50. The third kappa shape index (κ3) is 3.85. The van der Waals surface area contributed by atoms with Crippen LogP contribution in [0, 0.1) is 0 Å². The standard InChI is InChI=1S/C19H22BrNO3S/c1-3-9-24-18-14(20)11-13(12-16(18)23-2)19(22)21-8-4-6-15(21)17-7-5-10-25-17/h5,7,10-12,15H,3-4,6,8-9H2,1-2H3. The van der Waals surface area contributed by atoms with Gasteiger partial charge in [0.2, 0.25) is 0 Å². The number of thiophene rings is 1. The first-order chi connectivity index (χ1) is 12.2. The Balaban J connectivity index is 1.88. The van der Waals surface area contributed by atoms with E-state index < -0.39 is 0 Å². The SMILES string of the molecule is CCCOc1c(Br)cc(C(=O)N2CCCC2c2cccs2)cc1OC. The van der Waals surface area contributed by atoms with E-state index in [1.54, 1.807) is 24.5 Å². The van der Waals surface area contributed by atoms with E-state index >= 15 is 0 Å². The van der Waals surface area contributed by atoms with Gasteiger partial charge in [-0.05, 0) is 58.8 Å². The van der Waals surface area contributed by atoms with Gasteiger partial charge >= 0.3 is 0 Å². The molecule has 1 aromatic carbocycles. The minimum Gasteiger partial charge on any atom is -0.493 e. The van der Waals surface area contributed by atoms with Crippen molar-refractivity contribution in [2.45, 2.75) is 32.2 Å². The van der Waals surface area contributed by atoms with Gasteiger partial charge in [0.05, 0.1) is 24.2 Å². The molecule has 2 aromatic rings. The van der Waals surface area contributed by atoms with Crippen LogP contribution >= 0.6 is 27.3 Å². The van der Waals surface area contributed by atoms with Gasteiger partial charge in [0.1, 0.15) is 0 Å². The summed E-state index contributed by atoms with van der Waals surface area (Å²) in [4.78, 5) is 16.3. The molecular formula is C19H22BrNO3S. The average molecular weight is 424 g/mol. The fourth-order valence-corrected chi connectivity index (χ4v) is 4.57. The van der Waals surface area contributed by atoms with Crippen LogP contribution in [0.5, 0.6) is 11.5 Å². The van der Waals surface area contributed by atoms with Crippen LogP contribution in [0.25, 0.3) is 0 Å². The molecule has 1 saturated heterocycles. The molecular weight excluding hydrogens is 402 g/mol. The van der Waals surface area contributed by atoms with Crippen molar-refractivity contribution in [1.29, 1.82) is 0 Å². The summed E-state index contributed by atoms with van der Waals surface area (Å²) in [6.07, 6.45) is 2.96. The second-order valence-corrected chi connectivity index (χ2v) is 7.84. The van der Waals surface area contributed by atoms with E-state index in [1.807, 2.05) is 17.0 Å². The number of hydrogen-bond acceptors (Lipinski definition) is 4. The second-order valence-electron chi connectivity index (χ2n) is 6.01. The van der Waals surface area contributed by atoms with Crippen LogP contribution in [-0.4, -0.2) is 31.1 Å². The summed E-state index contributed by atoms with van der Waals surface area (Å²) in [5, 5.41) is 2.07. The molecule has 0 spiro atoms. The monoisotopic (exact) mass is 423 g/mol. The number of nitrogens with zero attached hydrogens (tertiary/aromatic N) is 1. The smallest absolute Gasteiger partial charge is 0.254 e. The summed E-state index contributed by atoms with van der Waals surface area (Å²) in [5.74, 6) is 1.27. The summed E-state index contributed by atoms with van der Waals surface area (Å²) >= 11 is 5.24. The van der Waals surface area contributed by atoms with Gasteiger partial charge in [0.15, 0.2) is 11.5 Å². The zero-order valence-corrected chi connectivity index (χ0v) is 16.9. The van der Waals surface area contributed by atoms with E-state index in [1.165, 1.54) is 4.88 Å². The van der Waals surface area contributed by atoms with E-state index in [-0.39, 0.29) is 11.9 Å². The Kier molecular flexibility index (Phi) is 6.02. The number of carbonyl (C=O) groups is 1. The Morgan fingerprint density at radius 3 is 2.96 bits per heavy atom. The molecule has 0 radical (unpaired) electrons. The fraction of sp³-hybridized carbons (Fsp3) is 0.421. The number of rotatable bonds is 6. The number of halogens is 1. The largest absolute Gasteiger partial charge is 0.493 e. The molecule has 1 unspecified atom stereocenters. The van der Waals surface area contributed by atoms with E-state index in [9.17, 15) is 4.79 Å². The molecule has 6 heteroatoms. The quantitative estimate of drug-likeness (QED) is 0.633. The lowest BCUT2D eigenvalue weighted by Crippen LogP contribution is -2.30. The fourth-order valence-electron chi connectivity index (χ4n) is 3.14. The molecule has 1 aliphatic heterocycles. The maximum absolute atomic E-state index is 13.1. The molecule has 3 rings (SSSR count). The number of ether oxygens (including phenoxy) is 2. The van der Waals surface area contributed by atoms with E-state index in [2.05, 4.69) is 34.3 Å². The molecule has 0 bridgehead atoms. The van der Waals surface area contributed by atoms with Crippen molar-refractivity contribution >= 4 is 33.2 Å². The summed E-state index contributed by atoms with van der Waals surface area (Å²) < 4.78 is 12.0. The van der Waals surface area contributed by atoms with E-state index in [0.717, 1.165) is 30.3 Å². The molecule has 1 atom stereocenters. The number of hydrogen-bond donors (Lipinski definition) is 0. The number of methoxy groups -OCH3 is 1. The van der Waals surface area contributed by atoms with Gasteiger partial charge in [-0.25, -0.2) is 0 Å². The van der Waals surface area contributed by atoms with Crippen molar-refractivity contribution in [3.63, 3.8) is 0 Å². The summed E-state index contributed by atoms with van der Waals surface area (Å²) in [6, 6.07) is 7.94. The maximum Gasteiger partial charge on any atom is 0.254 e. The van der Waals surface area contributed by atoms with Gasteiger partial charge in [-0.2, -0.15) is 0 Å².